The minimum atomic E-state index is -0.703. The van der Waals surface area contributed by atoms with Gasteiger partial charge in [-0.05, 0) is 36.1 Å². The molecule has 0 bridgehead atoms. The molecule has 0 heterocycles. The van der Waals surface area contributed by atoms with E-state index in [1.54, 1.807) is 0 Å². The molecule has 74 valence electrons. The number of amides is 1. The largest absolute Gasteiger partial charge is 0.441 e. The van der Waals surface area contributed by atoms with Crippen molar-refractivity contribution in [1.29, 1.82) is 0 Å². The summed E-state index contributed by atoms with van der Waals surface area (Å²) in [5.74, 6) is 0. The zero-order valence-corrected chi connectivity index (χ0v) is 9.08. The van der Waals surface area contributed by atoms with Gasteiger partial charge in [-0.2, -0.15) is 0 Å². The van der Waals surface area contributed by atoms with Crippen molar-refractivity contribution >= 4 is 22.0 Å². The maximum absolute atomic E-state index is 10.6. The van der Waals surface area contributed by atoms with Gasteiger partial charge in [0.1, 0.15) is 6.10 Å². The van der Waals surface area contributed by atoms with Crippen LogP contribution in [0.1, 0.15) is 23.7 Å². The van der Waals surface area contributed by atoms with Gasteiger partial charge in [0, 0.05) is 4.47 Å². The first-order valence-electron chi connectivity index (χ1n) is 4.41. The molecule has 4 heteroatoms. The lowest BCUT2D eigenvalue weighted by molar-refractivity contribution is 0.107. The lowest BCUT2D eigenvalue weighted by Gasteiger charge is -2.10. The van der Waals surface area contributed by atoms with Gasteiger partial charge in [-0.25, -0.2) is 4.79 Å². The average Bonchev–Trinajstić information content (AvgIpc) is 2.47. The molecule has 1 aromatic carbocycles. The third kappa shape index (κ3) is 1.75. The van der Waals surface area contributed by atoms with Crippen LogP contribution in [0.2, 0.25) is 0 Å². The molecule has 14 heavy (non-hydrogen) atoms. The first-order chi connectivity index (χ1) is 6.66. The molecule has 1 unspecified atom stereocenters. The number of carbonyl (C=O) groups excluding carboxylic acids is 1. The molecule has 3 nitrogen and oxygen atoms in total. The van der Waals surface area contributed by atoms with E-state index in [0.29, 0.717) is 0 Å². The summed E-state index contributed by atoms with van der Waals surface area (Å²) in [7, 11) is 0. The fourth-order valence-electron chi connectivity index (χ4n) is 1.81. The molecule has 1 aliphatic rings. The van der Waals surface area contributed by atoms with Gasteiger partial charge >= 0.3 is 6.09 Å². The average molecular weight is 256 g/mol. The summed E-state index contributed by atoms with van der Waals surface area (Å²) in [4.78, 5) is 10.6. The number of carbonyl (C=O) groups is 1. The van der Waals surface area contributed by atoms with Gasteiger partial charge in [-0.15, -0.1) is 0 Å². The smallest absolute Gasteiger partial charge is 0.405 e. The van der Waals surface area contributed by atoms with Gasteiger partial charge < -0.3 is 10.5 Å². The molecule has 0 saturated carbocycles. The second kappa shape index (κ2) is 3.61. The maximum atomic E-state index is 10.6. The van der Waals surface area contributed by atoms with Crippen LogP contribution in [0.15, 0.2) is 22.7 Å². The number of benzene rings is 1. The highest BCUT2D eigenvalue weighted by molar-refractivity contribution is 9.10. The highest BCUT2D eigenvalue weighted by atomic mass is 79.9. The van der Waals surface area contributed by atoms with Crippen molar-refractivity contribution < 1.29 is 9.53 Å². The highest BCUT2D eigenvalue weighted by Gasteiger charge is 2.24. The van der Waals surface area contributed by atoms with E-state index in [1.807, 2.05) is 12.1 Å². The van der Waals surface area contributed by atoms with Gasteiger partial charge in [0.15, 0.2) is 0 Å². The zero-order chi connectivity index (χ0) is 10.1. The summed E-state index contributed by atoms with van der Waals surface area (Å²) in [5, 5.41) is 0. The molecule has 2 rings (SSSR count). The van der Waals surface area contributed by atoms with Gasteiger partial charge in [0.05, 0.1) is 0 Å². The van der Waals surface area contributed by atoms with E-state index >= 15 is 0 Å². The van der Waals surface area contributed by atoms with Gasteiger partial charge in [-0.3, -0.25) is 0 Å². The molecular formula is C10H10BrNO2. The molecule has 0 radical (unpaired) electrons. The Balaban J connectivity index is 2.26. The van der Waals surface area contributed by atoms with Crippen LogP contribution in [0.4, 0.5) is 4.79 Å². The Bertz CT molecular complexity index is 378. The Hall–Kier alpha value is -1.03. The predicted molar refractivity (Wildman–Crippen MR) is 55.9 cm³/mol. The molecule has 0 aliphatic heterocycles. The van der Waals surface area contributed by atoms with E-state index in [9.17, 15) is 4.79 Å². The van der Waals surface area contributed by atoms with Crippen LogP contribution < -0.4 is 5.73 Å². The standard InChI is InChI=1S/C10H10BrNO2/c11-7-2-3-8-6(5-7)1-4-9(8)14-10(12)13/h2-3,5,9H,1,4H2,(H2,12,13). The first-order valence-corrected chi connectivity index (χ1v) is 5.20. The predicted octanol–water partition coefficient (Wildman–Crippen LogP) is 2.53. The first kappa shape index (κ1) is 9.52. The van der Waals surface area contributed by atoms with Crippen molar-refractivity contribution in [3.8, 4) is 0 Å². The number of rotatable bonds is 1. The summed E-state index contributed by atoms with van der Waals surface area (Å²) in [6.07, 6.45) is 0.905. The van der Waals surface area contributed by atoms with Crippen LogP contribution in [-0.2, 0) is 11.2 Å². The number of primary amides is 1. The number of nitrogens with two attached hydrogens (primary N) is 1. The molecule has 0 saturated heterocycles. The summed E-state index contributed by atoms with van der Waals surface area (Å²) < 4.78 is 6.05. The number of hydrogen-bond acceptors (Lipinski definition) is 2. The Morgan fingerprint density at radius 3 is 3.07 bits per heavy atom. The van der Waals surface area contributed by atoms with Crippen molar-refractivity contribution in [1.82, 2.24) is 0 Å². The topological polar surface area (TPSA) is 52.3 Å². The highest BCUT2D eigenvalue weighted by Crippen LogP contribution is 2.35. The minimum Gasteiger partial charge on any atom is -0.441 e. The molecule has 1 amide bonds. The van der Waals surface area contributed by atoms with Crippen molar-refractivity contribution in [2.24, 2.45) is 5.73 Å². The number of aryl methyl sites for hydroxylation is 1. The van der Waals surface area contributed by atoms with Crippen LogP contribution in [-0.4, -0.2) is 6.09 Å². The van der Waals surface area contributed by atoms with E-state index in [2.05, 4.69) is 22.0 Å². The molecule has 1 aromatic rings. The van der Waals surface area contributed by atoms with Crippen molar-refractivity contribution in [2.75, 3.05) is 0 Å². The Morgan fingerprint density at radius 1 is 1.57 bits per heavy atom. The van der Waals surface area contributed by atoms with Gasteiger partial charge in [-0.1, -0.05) is 22.0 Å². The lowest BCUT2D eigenvalue weighted by atomic mass is 10.1. The summed E-state index contributed by atoms with van der Waals surface area (Å²) in [6, 6.07) is 5.97. The molecular weight excluding hydrogens is 246 g/mol. The zero-order valence-electron chi connectivity index (χ0n) is 7.50. The molecule has 2 N–H and O–H groups in total. The van der Waals surface area contributed by atoms with E-state index in [4.69, 9.17) is 10.5 Å². The molecule has 0 spiro atoms. The normalized spacial score (nSPS) is 19.1. The summed E-state index contributed by atoms with van der Waals surface area (Å²) >= 11 is 3.40. The van der Waals surface area contributed by atoms with Crippen molar-refractivity contribution in [2.45, 2.75) is 18.9 Å². The summed E-state index contributed by atoms with van der Waals surface area (Å²) in [5.41, 5.74) is 7.29. The fraction of sp³-hybridized carbons (Fsp3) is 0.300. The van der Waals surface area contributed by atoms with Gasteiger partial charge in [0.2, 0.25) is 0 Å². The molecule has 0 aromatic heterocycles. The van der Waals surface area contributed by atoms with Crippen LogP contribution in [0.5, 0.6) is 0 Å². The second-order valence-corrected chi connectivity index (χ2v) is 4.22. The van der Waals surface area contributed by atoms with E-state index in [-0.39, 0.29) is 6.10 Å². The minimum absolute atomic E-state index is 0.157. The third-order valence-corrected chi connectivity index (χ3v) is 2.88. The number of fused-ring (bicyclic) bond motifs is 1. The number of hydrogen-bond donors (Lipinski definition) is 1. The number of ether oxygens (including phenoxy) is 1. The lowest BCUT2D eigenvalue weighted by Crippen LogP contribution is -2.15. The Kier molecular flexibility index (Phi) is 2.46. The summed E-state index contributed by atoms with van der Waals surface area (Å²) in [6.45, 7) is 0. The molecule has 0 fully saturated rings. The Morgan fingerprint density at radius 2 is 2.36 bits per heavy atom. The van der Waals surface area contributed by atoms with E-state index in [0.717, 1.165) is 22.9 Å². The monoisotopic (exact) mass is 255 g/mol. The SMILES string of the molecule is NC(=O)OC1CCc2cc(Br)ccc21. The van der Waals surface area contributed by atoms with Crippen molar-refractivity contribution in [3.05, 3.63) is 33.8 Å². The van der Waals surface area contributed by atoms with E-state index in [1.165, 1.54) is 5.56 Å². The van der Waals surface area contributed by atoms with Crippen LogP contribution in [0.25, 0.3) is 0 Å². The molecule has 1 aliphatic carbocycles. The number of halogens is 1. The molecule has 1 atom stereocenters. The van der Waals surface area contributed by atoms with E-state index < -0.39 is 6.09 Å². The quantitative estimate of drug-likeness (QED) is 0.839. The fourth-order valence-corrected chi connectivity index (χ4v) is 2.22. The van der Waals surface area contributed by atoms with Crippen LogP contribution >= 0.6 is 15.9 Å². The second-order valence-electron chi connectivity index (χ2n) is 3.31. The Labute approximate surface area is 90.4 Å². The van der Waals surface area contributed by atoms with Crippen LogP contribution in [0, 0.1) is 0 Å². The van der Waals surface area contributed by atoms with Crippen LogP contribution in [0.3, 0.4) is 0 Å². The maximum Gasteiger partial charge on any atom is 0.405 e. The third-order valence-electron chi connectivity index (χ3n) is 2.39. The van der Waals surface area contributed by atoms with Crippen molar-refractivity contribution in [3.63, 3.8) is 0 Å². The van der Waals surface area contributed by atoms with Gasteiger partial charge in [0.25, 0.3) is 0 Å².